The van der Waals surface area contributed by atoms with Gasteiger partial charge in [0.15, 0.2) is 11.5 Å². The van der Waals surface area contributed by atoms with Gasteiger partial charge in [0.25, 0.3) is 0 Å². The van der Waals surface area contributed by atoms with Crippen molar-refractivity contribution in [2.45, 2.75) is 12.5 Å². The van der Waals surface area contributed by atoms with Crippen molar-refractivity contribution >= 4 is 0 Å². The zero-order valence-electron chi connectivity index (χ0n) is 10.8. The zero-order chi connectivity index (χ0) is 12.4. The van der Waals surface area contributed by atoms with E-state index in [-0.39, 0.29) is 0 Å². The molecule has 2 aliphatic rings. The summed E-state index contributed by atoms with van der Waals surface area (Å²) in [5.74, 6) is 1.77. The van der Waals surface area contributed by atoms with Crippen molar-refractivity contribution in [2.75, 3.05) is 39.9 Å². The van der Waals surface area contributed by atoms with Gasteiger partial charge in [0.1, 0.15) is 13.2 Å². The lowest BCUT2D eigenvalue weighted by Crippen LogP contribution is -2.50. The smallest absolute Gasteiger partial charge is 0.161 e. The van der Waals surface area contributed by atoms with Crippen LogP contribution in [-0.4, -0.2) is 50.8 Å². The Morgan fingerprint density at radius 1 is 1.28 bits per heavy atom. The van der Waals surface area contributed by atoms with Gasteiger partial charge in [-0.15, -0.1) is 0 Å². The summed E-state index contributed by atoms with van der Waals surface area (Å²) >= 11 is 0. The Kier molecular flexibility index (Phi) is 3.39. The maximum Gasteiger partial charge on any atom is 0.161 e. The Morgan fingerprint density at radius 2 is 2.11 bits per heavy atom. The van der Waals surface area contributed by atoms with E-state index in [4.69, 9.17) is 9.47 Å². The first-order chi connectivity index (χ1) is 8.83. The summed E-state index contributed by atoms with van der Waals surface area (Å²) in [7, 11) is 2.20. The SMILES string of the molecule is CN1CCNCC1Cc1ccc2c(c1)OCCO2. The molecule has 0 saturated carbocycles. The van der Waals surface area contributed by atoms with Crippen LogP contribution in [0.2, 0.25) is 0 Å². The first-order valence-electron chi connectivity index (χ1n) is 6.62. The molecule has 0 spiro atoms. The molecule has 1 unspecified atom stereocenters. The highest BCUT2D eigenvalue weighted by Crippen LogP contribution is 2.31. The van der Waals surface area contributed by atoms with Crippen molar-refractivity contribution in [1.82, 2.24) is 10.2 Å². The third-order valence-electron chi connectivity index (χ3n) is 3.72. The van der Waals surface area contributed by atoms with Crippen LogP contribution in [0.3, 0.4) is 0 Å². The number of ether oxygens (including phenoxy) is 2. The van der Waals surface area contributed by atoms with E-state index < -0.39 is 0 Å². The quantitative estimate of drug-likeness (QED) is 0.843. The van der Waals surface area contributed by atoms with Gasteiger partial charge in [-0.2, -0.15) is 0 Å². The molecule has 0 aromatic heterocycles. The Bertz CT molecular complexity index is 422. The first kappa shape index (κ1) is 11.8. The molecule has 1 N–H and O–H groups in total. The first-order valence-corrected chi connectivity index (χ1v) is 6.62. The van der Waals surface area contributed by atoms with Gasteiger partial charge in [0.05, 0.1) is 0 Å². The lowest BCUT2D eigenvalue weighted by Gasteiger charge is -2.33. The van der Waals surface area contributed by atoms with Gasteiger partial charge >= 0.3 is 0 Å². The summed E-state index contributed by atoms with van der Waals surface area (Å²) in [6.45, 7) is 4.58. The van der Waals surface area contributed by atoms with E-state index in [1.807, 2.05) is 6.07 Å². The highest BCUT2D eigenvalue weighted by Gasteiger charge is 2.20. The number of nitrogens with one attached hydrogen (secondary N) is 1. The molecule has 0 amide bonds. The number of likely N-dealkylation sites (N-methyl/N-ethyl adjacent to an activating group) is 1. The van der Waals surface area contributed by atoms with Gasteiger partial charge in [-0.3, -0.25) is 0 Å². The minimum Gasteiger partial charge on any atom is -0.486 e. The molecular weight excluding hydrogens is 228 g/mol. The zero-order valence-corrected chi connectivity index (χ0v) is 10.8. The highest BCUT2D eigenvalue weighted by atomic mass is 16.6. The number of hydrogen-bond donors (Lipinski definition) is 1. The van der Waals surface area contributed by atoms with Crippen molar-refractivity contribution in [3.05, 3.63) is 23.8 Å². The van der Waals surface area contributed by atoms with E-state index >= 15 is 0 Å². The summed E-state index contributed by atoms with van der Waals surface area (Å²) in [4.78, 5) is 2.42. The molecule has 0 bridgehead atoms. The Labute approximate surface area is 108 Å². The molecule has 0 aliphatic carbocycles. The molecule has 1 aromatic carbocycles. The number of hydrogen-bond acceptors (Lipinski definition) is 4. The molecule has 1 fully saturated rings. The van der Waals surface area contributed by atoms with Crippen molar-refractivity contribution in [2.24, 2.45) is 0 Å². The van der Waals surface area contributed by atoms with Crippen LogP contribution in [0.1, 0.15) is 5.56 Å². The summed E-state index contributed by atoms with van der Waals surface area (Å²) in [5.41, 5.74) is 1.32. The molecule has 2 heterocycles. The predicted molar refractivity (Wildman–Crippen MR) is 70.4 cm³/mol. The van der Waals surface area contributed by atoms with Gasteiger partial charge in [-0.25, -0.2) is 0 Å². The Balaban J connectivity index is 1.72. The molecule has 1 saturated heterocycles. The maximum atomic E-state index is 5.63. The van der Waals surface area contributed by atoms with E-state index in [9.17, 15) is 0 Å². The molecule has 3 rings (SSSR count). The van der Waals surface area contributed by atoms with E-state index in [1.54, 1.807) is 0 Å². The van der Waals surface area contributed by atoms with E-state index in [1.165, 1.54) is 5.56 Å². The van der Waals surface area contributed by atoms with Crippen LogP contribution in [0.5, 0.6) is 11.5 Å². The van der Waals surface area contributed by atoms with Crippen molar-refractivity contribution in [3.8, 4) is 11.5 Å². The molecule has 18 heavy (non-hydrogen) atoms. The number of rotatable bonds is 2. The predicted octanol–water partition coefficient (Wildman–Crippen LogP) is 0.904. The van der Waals surface area contributed by atoms with Gasteiger partial charge in [-0.1, -0.05) is 6.07 Å². The van der Waals surface area contributed by atoms with Crippen molar-refractivity contribution in [1.29, 1.82) is 0 Å². The van der Waals surface area contributed by atoms with Crippen LogP contribution in [0, 0.1) is 0 Å². The molecule has 98 valence electrons. The fourth-order valence-corrected chi connectivity index (χ4v) is 2.58. The van der Waals surface area contributed by atoms with Crippen LogP contribution < -0.4 is 14.8 Å². The lowest BCUT2D eigenvalue weighted by molar-refractivity contribution is 0.170. The van der Waals surface area contributed by atoms with Crippen molar-refractivity contribution in [3.63, 3.8) is 0 Å². The third-order valence-corrected chi connectivity index (χ3v) is 3.72. The Morgan fingerprint density at radius 3 is 2.94 bits per heavy atom. The molecular formula is C14H20N2O2. The van der Waals surface area contributed by atoms with Gasteiger partial charge in [0.2, 0.25) is 0 Å². The fraction of sp³-hybridized carbons (Fsp3) is 0.571. The molecule has 1 atom stereocenters. The lowest BCUT2D eigenvalue weighted by atomic mass is 10.0. The minimum atomic E-state index is 0.571. The van der Waals surface area contributed by atoms with Gasteiger partial charge < -0.3 is 19.7 Å². The van der Waals surface area contributed by atoms with E-state index in [0.717, 1.165) is 37.6 Å². The summed E-state index contributed by atoms with van der Waals surface area (Å²) in [5, 5.41) is 3.45. The minimum absolute atomic E-state index is 0.571. The molecule has 4 heteroatoms. The molecule has 4 nitrogen and oxygen atoms in total. The highest BCUT2D eigenvalue weighted by molar-refractivity contribution is 5.44. The summed E-state index contributed by atoms with van der Waals surface area (Å²) < 4.78 is 11.2. The second kappa shape index (κ2) is 5.16. The Hall–Kier alpha value is -1.26. The number of piperazine rings is 1. The summed E-state index contributed by atoms with van der Waals surface area (Å²) in [6.07, 6.45) is 1.06. The van der Waals surface area contributed by atoms with Crippen LogP contribution >= 0.6 is 0 Å². The topological polar surface area (TPSA) is 33.7 Å². The van der Waals surface area contributed by atoms with Crippen LogP contribution in [-0.2, 0) is 6.42 Å². The standard InChI is InChI=1S/C14H20N2O2/c1-16-5-4-15-10-12(16)8-11-2-3-13-14(9-11)18-7-6-17-13/h2-3,9,12,15H,4-8,10H2,1H3. The molecule has 2 aliphatic heterocycles. The second-order valence-corrected chi connectivity index (χ2v) is 5.02. The van der Waals surface area contributed by atoms with Gasteiger partial charge in [0, 0.05) is 25.7 Å². The second-order valence-electron chi connectivity index (χ2n) is 5.02. The monoisotopic (exact) mass is 248 g/mol. The van der Waals surface area contributed by atoms with Crippen LogP contribution in [0.15, 0.2) is 18.2 Å². The number of fused-ring (bicyclic) bond motifs is 1. The van der Waals surface area contributed by atoms with E-state index in [2.05, 4.69) is 29.4 Å². The third kappa shape index (κ3) is 2.44. The maximum absolute atomic E-state index is 5.63. The largest absolute Gasteiger partial charge is 0.486 e. The average Bonchev–Trinajstić information content (AvgIpc) is 2.41. The summed E-state index contributed by atoms with van der Waals surface area (Å²) in [6, 6.07) is 6.87. The van der Waals surface area contributed by atoms with Gasteiger partial charge in [-0.05, 0) is 31.2 Å². The number of nitrogens with zero attached hydrogens (tertiary/aromatic N) is 1. The average molecular weight is 248 g/mol. The van der Waals surface area contributed by atoms with Crippen LogP contribution in [0.4, 0.5) is 0 Å². The molecule has 0 radical (unpaired) electrons. The normalized spacial score (nSPS) is 23.9. The van der Waals surface area contributed by atoms with Crippen LogP contribution in [0.25, 0.3) is 0 Å². The number of benzene rings is 1. The molecule has 1 aromatic rings. The van der Waals surface area contributed by atoms with E-state index in [0.29, 0.717) is 19.3 Å². The fourth-order valence-electron chi connectivity index (χ4n) is 2.58. The van der Waals surface area contributed by atoms with Crippen molar-refractivity contribution < 1.29 is 9.47 Å².